The number of anilines is 1. The van der Waals surface area contributed by atoms with Crippen LogP contribution in [-0.2, 0) is 0 Å². The largest absolute Gasteiger partial charge is 0.478 e. The third-order valence-electron chi connectivity index (χ3n) is 1.73. The smallest absolute Gasteiger partial charge is 0.257 e. The van der Waals surface area contributed by atoms with Crippen LogP contribution in [0, 0.1) is 0 Å². The second kappa shape index (κ2) is 2.41. The number of nitrogen functional groups attached to an aromatic ring is 1. The van der Waals surface area contributed by atoms with Crippen molar-refractivity contribution in [1.82, 2.24) is 9.38 Å². The van der Waals surface area contributed by atoms with E-state index in [-0.39, 0.29) is 0 Å². The quantitative estimate of drug-likeness (QED) is 0.680. The highest BCUT2D eigenvalue weighted by Gasteiger charge is 2.06. The molecule has 0 aliphatic heterocycles. The second-order valence-electron chi connectivity index (χ2n) is 2.44. The number of nitrogens with two attached hydrogens (primary N) is 1. The number of rotatable bonds is 1. The Morgan fingerprint density at radius 2 is 2.33 bits per heavy atom. The van der Waals surface area contributed by atoms with Crippen molar-refractivity contribution in [2.45, 2.75) is 0 Å². The summed E-state index contributed by atoms with van der Waals surface area (Å²) in [6.45, 7) is 0. The van der Waals surface area contributed by atoms with Crippen molar-refractivity contribution in [3.63, 3.8) is 0 Å². The highest BCUT2D eigenvalue weighted by Crippen LogP contribution is 2.20. The van der Waals surface area contributed by atoms with E-state index in [1.165, 1.54) is 0 Å². The van der Waals surface area contributed by atoms with Crippen molar-refractivity contribution < 1.29 is 4.74 Å². The van der Waals surface area contributed by atoms with Crippen molar-refractivity contribution in [3.05, 3.63) is 24.4 Å². The van der Waals surface area contributed by atoms with Crippen LogP contribution in [0.25, 0.3) is 5.65 Å². The maximum absolute atomic E-state index is 5.72. The Morgan fingerprint density at radius 1 is 1.50 bits per heavy atom. The van der Waals surface area contributed by atoms with Crippen molar-refractivity contribution in [1.29, 1.82) is 0 Å². The van der Waals surface area contributed by atoms with E-state index >= 15 is 0 Å². The van der Waals surface area contributed by atoms with Gasteiger partial charge in [-0.15, -0.1) is 0 Å². The number of imidazole rings is 1. The van der Waals surface area contributed by atoms with Gasteiger partial charge in [0.15, 0.2) is 5.82 Å². The molecule has 4 heteroatoms. The standard InChI is InChI=1S/C8H9N3O/c1-12-8-7(9)11-5-3-2-4-6(11)10-8/h2-5H,9H2,1H3. The summed E-state index contributed by atoms with van der Waals surface area (Å²) in [4.78, 5) is 4.15. The molecule has 0 unspecified atom stereocenters. The maximum atomic E-state index is 5.72. The molecule has 0 atom stereocenters. The summed E-state index contributed by atoms with van der Waals surface area (Å²) >= 11 is 0. The van der Waals surface area contributed by atoms with Crippen molar-refractivity contribution in [2.24, 2.45) is 0 Å². The van der Waals surface area contributed by atoms with Crippen LogP contribution in [0.2, 0.25) is 0 Å². The topological polar surface area (TPSA) is 52.5 Å². The van der Waals surface area contributed by atoms with Gasteiger partial charge in [-0.3, -0.25) is 4.40 Å². The Kier molecular flexibility index (Phi) is 1.40. The maximum Gasteiger partial charge on any atom is 0.257 e. The van der Waals surface area contributed by atoms with Gasteiger partial charge in [-0.2, -0.15) is 4.98 Å². The molecule has 2 N–H and O–H groups in total. The zero-order valence-electron chi connectivity index (χ0n) is 6.69. The molecule has 62 valence electrons. The molecule has 2 rings (SSSR count). The molecule has 0 aromatic carbocycles. The van der Waals surface area contributed by atoms with Crippen molar-refractivity contribution in [3.8, 4) is 5.88 Å². The van der Waals surface area contributed by atoms with Gasteiger partial charge in [0, 0.05) is 6.20 Å². The monoisotopic (exact) mass is 163 g/mol. The van der Waals surface area contributed by atoms with Gasteiger partial charge in [-0.05, 0) is 12.1 Å². The highest BCUT2D eigenvalue weighted by molar-refractivity contribution is 5.55. The Bertz CT molecular complexity index is 408. The molecule has 2 aromatic rings. The fraction of sp³-hybridized carbons (Fsp3) is 0.125. The van der Waals surface area contributed by atoms with Crippen LogP contribution in [-0.4, -0.2) is 16.5 Å². The summed E-state index contributed by atoms with van der Waals surface area (Å²) in [7, 11) is 1.55. The predicted octanol–water partition coefficient (Wildman–Crippen LogP) is 0.925. The van der Waals surface area contributed by atoms with E-state index in [1.54, 1.807) is 11.5 Å². The fourth-order valence-electron chi connectivity index (χ4n) is 1.14. The molecular weight excluding hydrogens is 154 g/mol. The Labute approximate surface area is 69.6 Å². The molecule has 0 bridgehead atoms. The van der Waals surface area contributed by atoms with Crippen LogP contribution in [0.15, 0.2) is 24.4 Å². The van der Waals surface area contributed by atoms with E-state index in [0.29, 0.717) is 11.7 Å². The molecule has 2 heterocycles. The van der Waals surface area contributed by atoms with E-state index in [1.807, 2.05) is 24.4 Å². The summed E-state index contributed by atoms with van der Waals surface area (Å²) < 4.78 is 6.75. The number of pyridine rings is 1. The first-order valence-electron chi connectivity index (χ1n) is 3.59. The summed E-state index contributed by atoms with van der Waals surface area (Å²) in [5, 5.41) is 0. The molecular formula is C8H9N3O. The minimum Gasteiger partial charge on any atom is -0.478 e. The van der Waals surface area contributed by atoms with Gasteiger partial charge in [-0.25, -0.2) is 0 Å². The van der Waals surface area contributed by atoms with E-state index in [4.69, 9.17) is 10.5 Å². The van der Waals surface area contributed by atoms with Crippen LogP contribution in [0.3, 0.4) is 0 Å². The van der Waals surface area contributed by atoms with Crippen LogP contribution in [0.1, 0.15) is 0 Å². The second-order valence-corrected chi connectivity index (χ2v) is 2.44. The molecule has 0 aliphatic rings. The summed E-state index contributed by atoms with van der Waals surface area (Å²) in [6.07, 6.45) is 1.85. The van der Waals surface area contributed by atoms with Gasteiger partial charge < -0.3 is 10.5 Å². The first-order valence-corrected chi connectivity index (χ1v) is 3.59. The van der Waals surface area contributed by atoms with Crippen LogP contribution < -0.4 is 10.5 Å². The SMILES string of the molecule is COc1nc2ccccn2c1N. The molecule has 12 heavy (non-hydrogen) atoms. The Hall–Kier alpha value is -1.71. The molecule has 0 spiro atoms. The number of hydrogen-bond acceptors (Lipinski definition) is 3. The first-order chi connectivity index (χ1) is 5.83. The molecule has 0 radical (unpaired) electrons. The lowest BCUT2D eigenvalue weighted by molar-refractivity contribution is 0.403. The Morgan fingerprint density at radius 3 is 3.00 bits per heavy atom. The molecule has 0 aliphatic carbocycles. The number of nitrogens with zero attached hydrogens (tertiary/aromatic N) is 2. The van der Waals surface area contributed by atoms with Gasteiger partial charge in [0.25, 0.3) is 5.88 Å². The molecule has 0 amide bonds. The summed E-state index contributed by atoms with van der Waals surface area (Å²) in [5.41, 5.74) is 6.52. The van der Waals surface area contributed by atoms with Gasteiger partial charge in [0.05, 0.1) is 7.11 Å². The zero-order valence-corrected chi connectivity index (χ0v) is 6.69. The van der Waals surface area contributed by atoms with Crippen LogP contribution in [0.4, 0.5) is 5.82 Å². The zero-order chi connectivity index (χ0) is 8.55. The van der Waals surface area contributed by atoms with Crippen LogP contribution in [0.5, 0.6) is 5.88 Å². The molecule has 4 nitrogen and oxygen atoms in total. The normalized spacial score (nSPS) is 10.4. The fourth-order valence-corrected chi connectivity index (χ4v) is 1.14. The highest BCUT2D eigenvalue weighted by atomic mass is 16.5. The molecule has 0 fully saturated rings. The van der Waals surface area contributed by atoms with Gasteiger partial charge in [0.2, 0.25) is 0 Å². The number of methoxy groups -OCH3 is 1. The number of ether oxygens (including phenoxy) is 1. The molecule has 2 aromatic heterocycles. The van der Waals surface area contributed by atoms with Crippen molar-refractivity contribution in [2.75, 3.05) is 12.8 Å². The number of aromatic nitrogens is 2. The average Bonchev–Trinajstić information content (AvgIpc) is 2.44. The van der Waals surface area contributed by atoms with E-state index in [0.717, 1.165) is 5.65 Å². The Balaban J connectivity index is 2.78. The van der Waals surface area contributed by atoms with E-state index in [2.05, 4.69) is 4.98 Å². The third kappa shape index (κ3) is 0.812. The lowest BCUT2D eigenvalue weighted by Crippen LogP contribution is -1.93. The van der Waals surface area contributed by atoms with Gasteiger partial charge in [0.1, 0.15) is 5.65 Å². The van der Waals surface area contributed by atoms with Gasteiger partial charge in [-0.1, -0.05) is 6.07 Å². The average molecular weight is 163 g/mol. The number of fused-ring (bicyclic) bond motifs is 1. The molecule has 0 saturated heterocycles. The minimum absolute atomic E-state index is 0.473. The minimum atomic E-state index is 0.473. The molecule has 0 saturated carbocycles. The predicted molar refractivity (Wildman–Crippen MR) is 46.2 cm³/mol. The van der Waals surface area contributed by atoms with Crippen LogP contribution >= 0.6 is 0 Å². The van der Waals surface area contributed by atoms with Crippen molar-refractivity contribution >= 4 is 11.5 Å². The number of hydrogen-bond donors (Lipinski definition) is 1. The first kappa shape index (κ1) is 6.97. The third-order valence-corrected chi connectivity index (χ3v) is 1.73. The van der Waals surface area contributed by atoms with E-state index in [9.17, 15) is 0 Å². The lowest BCUT2D eigenvalue weighted by atomic mass is 10.5. The van der Waals surface area contributed by atoms with E-state index < -0.39 is 0 Å². The summed E-state index contributed by atoms with van der Waals surface area (Å²) in [5.74, 6) is 1.01. The van der Waals surface area contributed by atoms with Gasteiger partial charge >= 0.3 is 0 Å². The summed E-state index contributed by atoms with van der Waals surface area (Å²) in [6, 6.07) is 5.67. The lowest BCUT2D eigenvalue weighted by Gasteiger charge is -1.94.